The third-order valence-corrected chi connectivity index (χ3v) is 10.4. The molecule has 9 rings (SSSR count). The Hall–Kier alpha value is -6.80. The molecule has 0 spiro atoms. The SMILES string of the molecule is [Bk].[CH2-]n1c(-c2ccc3c(c2)C(C)(C)c2cc(N(c4ccc(C)cc4)c4ccc(C)cc4)ccc2-3)nc2c3ccccc3c3ccccc3c21. The Bertz CT molecular complexity index is 2510. The van der Waals surface area contributed by atoms with E-state index < -0.39 is 0 Å². The van der Waals surface area contributed by atoms with Crippen LogP contribution < -0.4 is 4.90 Å². The Morgan fingerprint density at radius 2 is 1.06 bits per heavy atom. The molecule has 1 aliphatic carbocycles. The summed E-state index contributed by atoms with van der Waals surface area (Å²) < 4.78 is 2.04. The summed E-state index contributed by atoms with van der Waals surface area (Å²) in [4.78, 5) is 7.66. The van der Waals surface area contributed by atoms with Gasteiger partial charge < -0.3 is 14.5 Å². The Morgan fingerprint density at radius 1 is 0.571 bits per heavy atom. The Labute approximate surface area is 281 Å². The molecular weight excluding hydrogens is 830 g/mol. The van der Waals surface area contributed by atoms with Gasteiger partial charge in [-0.1, -0.05) is 122 Å². The fourth-order valence-corrected chi connectivity index (χ4v) is 7.82. The summed E-state index contributed by atoms with van der Waals surface area (Å²) in [5, 5.41) is 4.77. The van der Waals surface area contributed by atoms with Crippen LogP contribution in [0.4, 0.5) is 17.1 Å². The zero-order valence-electron chi connectivity index (χ0n) is 28.1. The van der Waals surface area contributed by atoms with Gasteiger partial charge in [0.05, 0.1) is 0 Å². The molecule has 0 fully saturated rings. The second-order valence-corrected chi connectivity index (χ2v) is 13.8. The Balaban J connectivity index is 0.00000348. The van der Waals surface area contributed by atoms with Gasteiger partial charge in [-0.3, -0.25) is 0 Å². The van der Waals surface area contributed by atoms with E-state index in [0.717, 1.165) is 44.9 Å². The molecule has 0 saturated carbocycles. The number of imidazole rings is 1. The number of anilines is 3. The number of aryl methyl sites for hydroxylation is 2. The normalized spacial score (nSPS) is 13.0. The fourth-order valence-electron chi connectivity index (χ4n) is 7.82. The van der Waals surface area contributed by atoms with E-state index in [4.69, 9.17) is 4.98 Å². The maximum Gasteiger partial charge on any atom is 0.0465 e. The minimum absolute atomic E-state index is 0. The largest absolute Gasteiger partial charge is 0.464 e. The minimum Gasteiger partial charge on any atom is -0.464 e. The molecule has 0 N–H and O–H groups in total. The van der Waals surface area contributed by atoms with Crippen LogP contribution in [-0.4, -0.2) is 9.55 Å². The van der Waals surface area contributed by atoms with Crippen molar-refractivity contribution in [2.24, 2.45) is 0 Å². The van der Waals surface area contributed by atoms with Crippen molar-refractivity contribution in [2.75, 3.05) is 4.90 Å². The standard InChI is InChI=1S/C45H36N3.Bk/c1-28-14-19-31(20-15-28)48(32-21-16-29(2)17-22-32)33-23-25-37-36-24-18-30(26-40(36)45(3,4)41(37)27-33)44-46-42-38-12-8-6-10-34(38)35-11-7-9-13-39(35)43(42)47(44)5;/h6-27H,5H2,1-4H3;/q-1;. The number of hydrogen-bond acceptors (Lipinski definition) is 2. The Kier molecular flexibility index (Phi) is 6.41. The van der Waals surface area contributed by atoms with Crippen LogP contribution in [0.1, 0.15) is 36.1 Å². The summed E-state index contributed by atoms with van der Waals surface area (Å²) in [7, 11) is 4.56. The van der Waals surface area contributed by atoms with Gasteiger partial charge >= 0.3 is 0 Å². The van der Waals surface area contributed by atoms with Crippen molar-refractivity contribution >= 4 is 49.6 Å². The first-order valence-electron chi connectivity index (χ1n) is 16.7. The van der Waals surface area contributed by atoms with E-state index in [1.165, 1.54) is 49.5 Å². The van der Waals surface area contributed by atoms with Crippen molar-refractivity contribution < 1.29 is 0 Å². The molecular formula is C45H36BkN3-. The molecule has 1 heterocycles. The Morgan fingerprint density at radius 3 is 1.67 bits per heavy atom. The monoisotopic (exact) mass is 865 g/mol. The summed E-state index contributed by atoms with van der Waals surface area (Å²) in [6, 6.07) is 48.6. The van der Waals surface area contributed by atoms with Crippen LogP contribution in [0, 0.1) is 20.9 Å². The number of fused-ring (bicyclic) bond motifs is 9. The molecule has 1 aromatic heterocycles. The molecule has 49 heavy (non-hydrogen) atoms. The summed E-state index contributed by atoms with van der Waals surface area (Å²) in [6.07, 6.45) is 0. The maximum absolute atomic E-state index is 5.29. The molecule has 0 unspecified atom stereocenters. The number of rotatable bonds is 4. The predicted molar refractivity (Wildman–Crippen MR) is 203 cm³/mol. The predicted octanol–water partition coefficient (Wildman–Crippen LogP) is 12.0. The van der Waals surface area contributed by atoms with Gasteiger partial charge in [0.25, 0.3) is 0 Å². The second-order valence-electron chi connectivity index (χ2n) is 13.8. The van der Waals surface area contributed by atoms with E-state index >= 15 is 0 Å². The molecule has 4 heteroatoms. The summed E-state index contributed by atoms with van der Waals surface area (Å²) in [5.41, 5.74) is 14.1. The fraction of sp³-hybridized carbons (Fsp3) is 0.111. The van der Waals surface area contributed by atoms with E-state index in [0.29, 0.717) is 0 Å². The van der Waals surface area contributed by atoms with Gasteiger partial charge in [-0.05, 0) is 105 Å². The van der Waals surface area contributed by atoms with Crippen LogP contribution in [0.5, 0.6) is 0 Å². The van der Waals surface area contributed by atoms with Crippen molar-refractivity contribution in [3.63, 3.8) is 0 Å². The van der Waals surface area contributed by atoms with Gasteiger partial charge in [0.1, 0.15) is 0 Å². The summed E-state index contributed by atoms with van der Waals surface area (Å²) >= 11 is 0. The molecule has 7 aromatic carbocycles. The third kappa shape index (κ3) is 4.31. The molecule has 0 saturated heterocycles. The number of nitrogens with zero attached hydrogens (tertiary/aromatic N) is 3. The number of benzene rings is 7. The second kappa shape index (κ2) is 10.6. The third-order valence-electron chi connectivity index (χ3n) is 10.4. The average molecular weight is 866 g/mol. The molecule has 241 valence electrons. The molecule has 3 nitrogen and oxygen atoms in total. The molecule has 1 radical (unpaired) electrons. The molecule has 0 aliphatic heterocycles. The number of aromatic nitrogens is 2. The van der Waals surface area contributed by atoms with Crippen molar-refractivity contribution in [3.8, 4) is 22.5 Å². The van der Waals surface area contributed by atoms with Crippen LogP contribution in [0.2, 0.25) is 0 Å². The van der Waals surface area contributed by atoms with Crippen molar-refractivity contribution in [1.29, 1.82) is 0 Å². The van der Waals surface area contributed by atoms with Gasteiger partial charge in [0.2, 0.25) is 0 Å². The molecule has 0 bridgehead atoms. The van der Waals surface area contributed by atoms with Crippen LogP contribution in [-0.2, 0) is 5.41 Å². The van der Waals surface area contributed by atoms with E-state index in [1.54, 1.807) is 0 Å². The summed E-state index contributed by atoms with van der Waals surface area (Å²) in [6.45, 7) is 8.97. The van der Waals surface area contributed by atoms with Crippen molar-refractivity contribution in [1.82, 2.24) is 9.55 Å². The first-order chi connectivity index (χ1) is 23.3. The first kappa shape index (κ1) is 29.6. The van der Waals surface area contributed by atoms with Crippen LogP contribution in [0.3, 0.4) is 0 Å². The van der Waals surface area contributed by atoms with Gasteiger partial charge in [-0.15, -0.1) is 7.05 Å². The molecule has 0 atom stereocenters. The maximum atomic E-state index is 5.29. The quantitative estimate of drug-likeness (QED) is 0.130. The van der Waals surface area contributed by atoms with Gasteiger partial charge in [-0.25, -0.2) is 0 Å². The average Bonchev–Trinajstić information content (AvgIpc) is 3.57. The smallest absolute Gasteiger partial charge is 0.0465 e. The van der Waals surface area contributed by atoms with E-state index in [-0.39, 0.29) is 5.41 Å². The van der Waals surface area contributed by atoms with E-state index in [9.17, 15) is 0 Å². The minimum atomic E-state index is -0.208. The molecule has 1 aliphatic rings. The van der Waals surface area contributed by atoms with Gasteiger partial charge in [0.15, 0.2) is 0 Å². The van der Waals surface area contributed by atoms with Crippen LogP contribution >= 0.6 is 0 Å². The van der Waals surface area contributed by atoms with Crippen LogP contribution in [0.15, 0.2) is 133 Å². The van der Waals surface area contributed by atoms with Crippen molar-refractivity contribution in [3.05, 3.63) is 163 Å². The van der Waals surface area contributed by atoms with E-state index in [1.807, 2.05) is 4.57 Å². The molecule has 8 aromatic rings. The first-order valence-corrected chi connectivity index (χ1v) is 16.7. The number of hydrogen-bond donors (Lipinski definition) is 0. The van der Waals surface area contributed by atoms with Crippen molar-refractivity contribution in [2.45, 2.75) is 33.1 Å². The van der Waals surface area contributed by atoms with Crippen LogP contribution in [0.25, 0.3) is 55.1 Å². The van der Waals surface area contributed by atoms with Gasteiger partial charge in [-0.2, -0.15) is 0 Å². The zero-order chi connectivity index (χ0) is 32.7. The zero-order valence-corrected chi connectivity index (χ0v) is 30.9. The molecule has 0 amide bonds. The summed E-state index contributed by atoms with van der Waals surface area (Å²) in [5.74, 6) is 0.881. The topological polar surface area (TPSA) is 21.1 Å². The van der Waals surface area contributed by atoms with Gasteiger partial charge in [0, 0.05) is 33.8 Å². The van der Waals surface area contributed by atoms with E-state index in [2.05, 4.69) is 173 Å².